The Balaban J connectivity index is 2.20. The Kier molecular flexibility index (Phi) is 4.30. The third-order valence-electron chi connectivity index (χ3n) is 3.28. The molecule has 2 aromatic rings. The number of hydrogen-bond donors (Lipinski definition) is 1. The molecular formula is C16H14ClF3O. The Morgan fingerprint density at radius 3 is 2.14 bits per heavy atom. The van der Waals surface area contributed by atoms with E-state index in [0.717, 1.165) is 12.1 Å². The average molecular weight is 315 g/mol. The molecule has 5 heteroatoms. The summed E-state index contributed by atoms with van der Waals surface area (Å²) in [5, 5.41) is 11.0. The van der Waals surface area contributed by atoms with Gasteiger partial charge in [-0.25, -0.2) is 0 Å². The van der Waals surface area contributed by atoms with Gasteiger partial charge in [0.15, 0.2) is 0 Å². The molecule has 0 saturated heterocycles. The van der Waals surface area contributed by atoms with Crippen molar-refractivity contribution < 1.29 is 18.3 Å². The lowest BCUT2D eigenvalue weighted by atomic mass is 9.89. The first-order valence-electron chi connectivity index (χ1n) is 6.33. The molecule has 0 saturated carbocycles. The first-order valence-corrected chi connectivity index (χ1v) is 6.71. The van der Waals surface area contributed by atoms with Gasteiger partial charge in [-0.1, -0.05) is 35.9 Å². The molecule has 0 spiro atoms. The van der Waals surface area contributed by atoms with E-state index in [1.807, 2.05) is 0 Å². The summed E-state index contributed by atoms with van der Waals surface area (Å²) in [4.78, 5) is 0. The number of benzene rings is 2. The maximum Gasteiger partial charge on any atom is 0.416 e. The Labute approximate surface area is 126 Å². The fraction of sp³-hybridized carbons (Fsp3) is 0.250. The van der Waals surface area contributed by atoms with Crippen LogP contribution in [0.2, 0.25) is 5.02 Å². The molecule has 0 heterocycles. The standard InChI is InChI=1S/C16H14ClF3O/c1-15(21,13-3-2-4-14(17)9-13)10-11-5-7-12(8-6-11)16(18,19)20/h2-9,21H,10H2,1H3. The molecule has 0 bridgehead atoms. The summed E-state index contributed by atoms with van der Waals surface area (Å²) in [5.41, 5.74) is -0.665. The summed E-state index contributed by atoms with van der Waals surface area (Å²) in [6.07, 6.45) is -4.15. The predicted molar refractivity (Wildman–Crippen MR) is 76.2 cm³/mol. The molecule has 2 aromatic carbocycles. The maximum absolute atomic E-state index is 12.5. The van der Waals surface area contributed by atoms with Gasteiger partial charge in [0, 0.05) is 11.4 Å². The minimum absolute atomic E-state index is 0.200. The number of halogens is 4. The Bertz CT molecular complexity index is 618. The van der Waals surface area contributed by atoms with Crippen molar-refractivity contribution in [2.45, 2.75) is 25.1 Å². The smallest absolute Gasteiger partial charge is 0.385 e. The molecule has 0 fully saturated rings. The van der Waals surface area contributed by atoms with Gasteiger partial charge >= 0.3 is 6.18 Å². The van der Waals surface area contributed by atoms with Gasteiger partial charge in [0.25, 0.3) is 0 Å². The van der Waals surface area contributed by atoms with Crippen LogP contribution < -0.4 is 0 Å². The second-order valence-corrected chi connectivity index (χ2v) is 5.59. The van der Waals surface area contributed by atoms with E-state index in [1.54, 1.807) is 31.2 Å². The van der Waals surface area contributed by atoms with Gasteiger partial charge in [0.05, 0.1) is 11.2 Å². The van der Waals surface area contributed by atoms with Crippen LogP contribution in [-0.4, -0.2) is 5.11 Å². The van der Waals surface area contributed by atoms with Crippen LogP contribution in [0.1, 0.15) is 23.6 Å². The molecule has 1 atom stereocenters. The van der Waals surface area contributed by atoms with Crippen molar-refractivity contribution in [3.8, 4) is 0 Å². The molecule has 1 nitrogen and oxygen atoms in total. The van der Waals surface area contributed by atoms with Crippen LogP contribution in [0.15, 0.2) is 48.5 Å². The van der Waals surface area contributed by atoms with Crippen LogP contribution >= 0.6 is 11.6 Å². The summed E-state index contributed by atoms with van der Waals surface area (Å²) in [6.45, 7) is 1.61. The van der Waals surface area contributed by atoms with Crippen LogP contribution in [0.4, 0.5) is 13.2 Å². The van der Waals surface area contributed by atoms with E-state index in [0.29, 0.717) is 16.1 Å². The van der Waals surface area contributed by atoms with Gasteiger partial charge in [0.2, 0.25) is 0 Å². The monoisotopic (exact) mass is 314 g/mol. The maximum atomic E-state index is 12.5. The van der Waals surface area contributed by atoms with Gasteiger partial charge < -0.3 is 5.11 Å². The Morgan fingerprint density at radius 2 is 1.62 bits per heavy atom. The summed E-state index contributed by atoms with van der Waals surface area (Å²) < 4.78 is 37.5. The lowest BCUT2D eigenvalue weighted by Crippen LogP contribution is -2.24. The minimum Gasteiger partial charge on any atom is -0.385 e. The predicted octanol–water partition coefficient (Wildman–Crippen LogP) is 4.81. The molecule has 0 radical (unpaired) electrons. The first kappa shape index (κ1) is 15.9. The molecule has 1 N–H and O–H groups in total. The van der Waals surface area contributed by atoms with Crippen molar-refractivity contribution in [2.24, 2.45) is 0 Å². The summed E-state index contributed by atoms with van der Waals surface area (Å²) in [6, 6.07) is 11.6. The van der Waals surface area contributed by atoms with E-state index in [2.05, 4.69) is 0 Å². The molecule has 0 aromatic heterocycles. The van der Waals surface area contributed by atoms with Gasteiger partial charge in [-0.05, 0) is 42.3 Å². The highest BCUT2D eigenvalue weighted by atomic mass is 35.5. The fourth-order valence-electron chi connectivity index (χ4n) is 2.13. The van der Waals surface area contributed by atoms with Crippen molar-refractivity contribution in [1.29, 1.82) is 0 Å². The van der Waals surface area contributed by atoms with Crippen molar-refractivity contribution in [3.05, 3.63) is 70.2 Å². The van der Waals surface area contributed by atoms with E-state index in [4.69, 9.17) is 11.6 Å². The number of rotatable bonds is 3. The zero-order chi connectivity index (χ0) is 15.7. The van der Waals surface area contributed by atoms with Crippen LogP contribution in [-0.2, 0) is 18.2 Å². The Hall–Kier alpha value is -1.52. The van der Waals surface area contributed by atoms with E-state index in [-0.39, 0.29) is 6.42 Å². The number of alkyl halides is 3. The average Bonchev–Trinajstić information content (AvgIpc) is 2.38. The van der Waals surface area contributed by atoms with Gasteiger partial charge in [-0.3, -0.25) is 0 Å². The summed E-state index contributed by atoms with van der Waals surface area (Å²) >= 11 is 5.89. The zero-order valence-electron chi connectivity index (χ0n) is 11.3. The molecule has 21 heavy (non-hydrogen) atoms. The zero-order valence-corrected chi connectivity index (χ0v) is 12.0. The lowest BCUT2D eigenvalue weighted by Gasteiger charge is -2.24. The highest BCUT2D eigenvalue weighted by Crippen LogP contribution is 2.31. The normalized spacial score (nSPS) is 14.8. The summed E-state index contributed by atoms with van der Waals surface area (Å²) in [7, 11) is 0. The quantitative estimate of drug-likeness (QED) is 0.862. The fourth-order valence-corrected chi connectivity index (χ4v) is 2.32. The van der Waals surface area contributed by atoms with E-state index in [1.165, 1.54) is 12.1 Å². The minimum atomic E-state index is -4.35. The van der Waals surface area contributed by atoms with Crippen LogP contribution in [0.25, 0.3) is 0 Å². The topological polar surface area (TPSA) is 20.2 Å². The number of aliphatic hydroxyl groups is 1. The molecule has 0 amide bonds. The first-order chi connectivity index (χ1) is 9.68. The van der Waals surface area contributed by atoms with E-state index >= 15 is 0 Å². The lowest BCUT2D eigenvalue weighted by molar-refractivity contribution is -0.137. The molecular weight excluding hydrogens is 301 g/mol. The SMILES string of the molecule is CC(O)(Cc1ccc(C(F)(F)F)cc1)c1cccc(Cl)c1. The highest BCUT2D eigenvalue weighted by Gasteiger charge is 2.30. The third-order valence-corrected chi connectivity index (χ3v) is 3.51. The van der Waals surface area contributed by atoms with Crippen molar-refractivity contribution in [2.75, 3.05) is 0 Å². The number of hydrogen-bond acceptors (Lipinski definition) is 1. The van der Waals surface area contributed by atoms with Gasteiger partial charge in [-0.2, -0.15) is 13.2 Å². The molecule has 0 aliphatic rings. The third kappa shape index (κ3) is 3.99. The molecule has 0 aliphatic carbocycles. The Morgan fingerprint density at radius 1 is 1.00 bits per heavy atom. The van der Waals surface area contributed by atoms with Crippen LogP contribution in [0.3, 0.4) is 0 Å². The van der Waals surface area contributed by atoms with Gasteiger partial charge in [-0.15, -0.1) is 0 Å². The molecule has 0 aliphatic heterocycles. The highest BCUT2D eigenvalue weighted by molar-refractivity contribution is 6.30. The van der Waals surface area contributed by atoms with Crippen LogP contribution in [0, 0.1) is 0 Å². The molecule has 1 unspecified atom stereocenters. The van der Waals surface area contributed by atoms with Crippen molar-refractivity contribution >= 4 is 11.6 Å². The van der Waals surface area contributed by atoms with Crippen molar-refractivity contribution in [1.82, 2.24) is 0 Å². The van der Waals surface area contributed by atoms with E-state index < -0.39 is 17.3 Å². The van der Waals surface area contributed by atoms with Gasteiger partial charge in [0.1, 0.15) is 0 Å². The second-order valence-electron chi connectivity index (χ2n) is 5.16. The van der Waals surface area contributed by atoms with Crippen LogP contribution in [0.5, 0.6) is 0 Å². The molecule has 112 valence electrons. The largest absolute Gasteiger partial charge is 0.416 e. The summed E-state index contributed by atoms with van der Waals surface area (Å²) in [5.74, 6) is 0. The van der Waals surface area contributed by atoms with Crippen molar-refractivity contribution in [3.63, 3.8) is 0 Å². The molecule has 2 rings (SSSR count). The second kappa shape index (κ2) is 5.70. The van der Waals surface area contributed by atoms with E-state index in [9.17, 15) is 18.3 Å².